The second kappa shape index (κ2) is 8.13. The second-order valence-corrected chi connectivity index (χ2v) is 5.28. The molecule has 1 atom stereocenters. The predicted molar refractivity (Wildman–Crippen MR) is 81.2 cm³/mol. The topological polar surface area (TPSA) is 15.3 Å². The summed E-state index contributed by atoms with van der Waals surface area (Å²) in [4.78, 5) is 2.11. The summed E-state index contributed by atoms with van der Waals surface area (Å²) in [5.41, 5.74) is 1.000. The summed E-state index contributed by atoms with van der Waals surface area (Å²) in [5, 5.41) is 3.63. The third-order valence-corrected chi connectivity index (χ3v) is 3.96. The van der Waals surface area contributed by atoms with E-state index in [-0.39, 0.29) is 30.7 Å². The summed E-state index contributed by atoms with van der Waals surface area (Å²) in [5.74, 6) is -0.301. The summed E-state index contributed by atoms with van der Waals surface area (Å²) in [7, 11) is 0. The molecule has 0 aromatic heterocycles. The van der Waals surface area contributed by atoms with Crippen LogP contribution < -0.4 is 5.32 Å². The van der Waals surface area contributed by atoms with Gasteiger partial charge >= 0.3 is 0 Å². The van der Waals surface area contributed by atoms with E-state index in [1.54, 1.807) is 19.1 Å². The Balaban J connectivity index is 0.00000200. The normalized spacial score (nSPS) is 17.6. The Hall–Kier alpha value is -0.420. The SMILES string of the molecule is Cc1ccc(Cl)c([C@H](CCF)N2CCNCC2)c1F.Cl. The van der Waals surface area contributed by atoms with Gasteiger partial charge in [0.15, 0.2) is 0 Å². The molecule has 0 bridgehead atoms. The molecule has 1 saturated heterocycles. The number of benzene rings is 1. The van der Waals surface area contributed by atoms with Crippen LogP contribution in [0.15, 0.2) is 12.1 Å². The molecule has 0 unspecified atom stereocenters. The molecule has 6 heteroatoms. The van der Waals surface area contributed by atoms with Crippen molar-refractivity contribution in [3.8, 4) is 0 Å². The molecule has 0 radical (unpaired) electrons. The summed E-state index contributed by atoms with van der Waals surface area (Å²) < 4.78 is 27.2. The van der Waals surface area contributed by atoms with Crippen molar-refractivity contribution in [2.45, 2.75) is 19.4 Å². The van der Waals surface area contributed by atoms with Gasteiger partial charge in [-0.2, -0.15) is 0 Å². The van der Waals surface area contributed by atoms with E-state index in [1.807, 2.05) is 0 Å². The minimum absolute atomic E-state index is 0. The van der Waals surface area contributed by atoms with E-state index < -0.39 is 6.67 Å². The molecule has 1 fully saturated rings. The fourth-order valence-electron chi connectivity index (χ4n) is 2.59. The lowest BCUT2D eigenvalue weighted by atomic mass is 9.98. The number of nitrogens with zero attached hydrogens (tertiary/aromatic N) is 1. The average molecular weight is 325 g/mol. The average Bonchev–Trinajstić information content (AvgIpc) is 2.43. The fraction of sp³-hybridized carbons (Fsp3) is 0.571. The van der Waals surface area contributed by atoms with Crippen molar-refractivity contribution >= 4 is 24.0 Å². The van der Waals surface area contributed by atoms with Crippen molar-refractivity contribution in [1.29, 1.82) is 0 Å². The van der Waals surface area contributed by atoms with Gasteiger partial charge in [-0.05, 0) is 25.0 Å². The number of piperazine rings is 1. The van der Waals surface area contributed by atoms with Crippen molar-refractivity contribution in [2.75, 3.05) is 32.9 Å². The van der Waals surface area contributed by atoms with Crippen molar-refractivity contribution < 1.29 is 8.78 Å². The third-order valence-electron chi connectivity index (χ3n) is 3.63. The highest BCUT2D eigenvalue weighted by atomic mass is 35.5. The first-order chi connectivity index (χ1) is 9.15. The molecule has 0 aliphatic carbocycles. The van der Waals surface area contributed by atoms with Crippen LogP contribution in [-0.4, -0.2) is 37.8 Å². The lowest BCUT2D eigenvalue weighted by Gasteiger charge is -2.35. The molecule has 2 nitrogen and oxygen atoms in total. The maximum Gasteiger partial charge on any atom is 0.132 e. The van der Waals surface area contributed by atoms with Gasteiger partial charge in [-0.1, -0.05) is 17.7 Å². The summed E-state index contributed by atoms with van der Waals surface area (Å²) >= 11 is 6.15. The number of hydrogen-bond donors (Lipinski definition) is 1. The standard InChI is InChI=1S/C14H19ClF2N2.ClH/c1-10-2-3-11(15)13(14(10)17)12(4-5-16)19-8-6-18-7-9-19;/h2-3,12,18H,4-9H2,1H3;1H/t12-;/m0./s1. The maximum absolute atomic E-state index is 14.3. The fourth-order valence-corrected chi connectivity index (χ4v) is 2.86. The molecule has 1 N–H and O–H groups in total. The van der Waals surface area contributed by atoms with Gasteiger partial charge in [-0.3, -0.25) is 9.29 Å². The minimum Gasteiger partial charge on any atom is -0.314 e. The Kier molecular flexibility index (Phi) is 7.17. The van der Waals surface area contributed by atoms with Crippen LogP contribution >= 0.6 is 24.0 Å². The minimum atomic E-state index is -0.474. The predicted octanol–water partition coefficient (Wildman–Crippen LogP) is 3.52. The van der Waals surface area contributed by atoms with Gasteiger partial charge in [0.25, 0.3) is 0 Å². The molecular weight excluding hydrogens is 305 g/mol. The zero-order valence-electron chi connectivity index (χ0n) is 11.5. The molecule has 1 heterocycles. The first kappa shape index (κ1) is 17.6. The number of rotatable bonds is 4. The highest BCUT2D eigenvalue weighted by molar-refractivity contribution is 6.31. The summed E-state index contributed by atoms with van der Waals surface area (Å²) in [6.07, 6.45) is 0.278. The van der Waals surface area contributed by atoms with Gasteiger partial charge in [0.1, 0.15) is 5.82 Å². The van der Waals surface area contributed by atoms with Crippen LogP contribution in [0.5, 0.6) is 0 Å². The van der Waals surface area contributed by atoms with Crippen LogP contribution in [0.3, 0.4) is 0 Å². The lowest BCUT2D eigenvalue weighted by molar-refractivity contribution is 0.154. The van der Waals surface area contributed by atoms with Gasteiger partial charge < -0.3 is 5.32 Å². The van der Waals surface area contributed by atoms with E-state index >= 15 is 0 Å². The quantitative estimate of drug-likeness (QED) is 0.911. The number of halogens is 4. The molecule has 0 saturated carbocycles. The Bertz CT molecular complexity index is 437. The molecule has 0 spiro atoms. The van der Waals surface area contributed by atoms with Crippen molar-refractivity contribution in [3.63, 3.8) is 0 Å². The van der Waals surface area contributed by atoms with Crippen molar-refractivity contribution in [2.24, 2.45) is 0 Å². The number of alkyl halides is 1. The number of hydrogen-bond acceptors (Lipinski definition) is 2. The number of aryl methyl sites for hydroxylation is 1. The Morgan fingerprint density at radius 1 is 1.35 bits per heavy atom. The molecule has 2 rings (SSSR count). The Morgan fingerprint density at radius 3 is 2.60 bits per heavy atom. The first-order valence-corrected chi connectivity index (χ1v) is 6.98. The zero-order chi connectivity index (χ0) is 13.8. The highest BCUT2D eigenvalue weighted by Crippen LogP contribution is 2.34. The molecule has 114 valence electrons. The summed E-state index contributed by atoms with van der Waals surface area (Å²) in [6.45, 7) is 4.49. The molecule has 1 aromatic carbocycles. The van der Waals surface area contributed by atoms with Gasteiger partial charge in [-0.15, -0.1) is 12.4 Å². The maximum atomic E-state index is 14.3. The third kappa shape index (κ3) is 3.82. The lowest BCUT2D eigenvalue weighted by Crippen LogP contribution is -2.45. The molecule has 1 aromatic rings. The van der Waals surface area contributed by atoms with E-state index in [0.717, 1.165) is 26.2 Å². The second-order valence-electron chi connectivity index (χ2n) is 4.87. The van der Waals surface area contributed by atoms with Crippen LogP contribution in [-0.2, 0) is 0 Å². The van der Waals surface area contributed by atoms with Crippen LogP contribution in [0.1, 0.15) is 23.6 Å². The van der Waals surface area contributed by atoms with E-state index in [1.165, 1.54) is 0 Å². The molecule has 1 aliphatic rings. The first-order valence-electron chi connectivity index (χ1n) is 6.60. The van der Waals surface area contributed by atoms with Crippen molar-refractivity contribution in [1.82, 2.24) is 10.2 Å². The van der Waals surface area contributed by atoms with Crippen LogP contribution in [0.25, 0.3) is 0 Å². The highest BCUT2D eigenvalue weighted by Gasteiger charge is 2.27. The van der Waals surface area contributed by atoms with Crippen LogP contribution in [0.4, 0.5) is 8.78 Å². The number of nitrogens with one attached hydrogen (secondary N) is 1. The smallest absolute Gasteiger partial charge is 0.132 e. The zero-order valence-corrected chi connectivity index (χ0v) is 13.0. The van der Waals surface area contributed by atoms with Gasteiger partial charge in [0, 0.05) is 42.8 Å². The van der Waals surface area contributed by atoms with E-state index in [9.17, 15) is 8.78 Å². The van der Waals surface area contributed by atoms with Crippen LogP contribution in [0, 0.1) is 12.7 Å². The Morgan fingerprint density at radius 2 is 2.00 bits per heavy atom. The monoisotopic (exact) mass is 324 g/mol. The van der Waals surface area contributed by atoms with E-state index in [2.05, 4.69) is 10.2 Å². The molecule has 20 heavy (non-hydrogen) atoms. The van der Waals surface area contributed by atoms with Gasteiger partial charge in [0.2, 0.25) is 0 Å². The molecule has 0 amide bonds. The van der Waals surface area contributed by atoms with Gasteiger partial charge in [0.05, 0.1) is 6.67 Å². The molecular formula is C14H20Cl2F2N2. The van der Waals surface area contributed by atoms with E-state index in [0.29, 0.717) is 16.1 Å². The largest absolute Gasteiger partial charge is 0.314 e. The van der Waals surface area contributed by atoms with Crippen LogP contribution in [0.2, 0.25) is 5.02 Å². The molecule has 1 aliphatic heterocycles. The van der Waals surface area contributed by atoms with E-state index in [4.69, 9.17) is 11.6 Å². The Labute approximate surface area is 129 Å². The van der Waals surface area contributed by atoms with Crippen molar-refractivity contribution in [3.05, 3.63) is 34.1 Å². The van der Waals surface area contributed by atoms with Gasteiger partial charge in [-0.25, -0.2) is 4.39 Å². The summed E-state index contributed by atoms with van der Waals surface area (Å²) in [6, 6.07) is 3.08.